The summed E-state index contributed by atoms with van der Waals surface area (Å²) in [6.07, 6.45) is 5.04. The number of hydrogen-bond acceptors (Lipinski definition) is 3. The van der Waals surface area contributed by atoms with Crippen LogP contribution in [0, 0.1) is 6.92 Å². The van der Waals surface area contributed by atoms with Crippen LogP contribution in [-0.2, 0) is 7.05 Å². The van der Waals surface area contributed by atoms with Crippen LogP contribution in [0.25, 0.3) is 0 Å². The minimum atomic E-state index is -0.0597. The molecule has 0 saturated carbocycles. The van der Waals surface area contributed by atoms with Crippen molar-refractivity contribution in [2.75, 3.05) is 0 Å². The second-order valence-electron chi connectivity index (χ2n) is 3.39. The Labute approximate surface area is 87.6 Å². The Morgan fingerprint density at radius 2 is 2.20 bits per heavy atom. The summed E-state index contributed by atoms with van der Waals surface area (Å²) in [5.41, 5.74) is 1.99. The largest absolute Gasteiger partial charge is 0.287 e. The highest BCUT2D eigenvalue weighted by Crippen LogP contribution is 2.10. The molecule has 0 aromatic carbocycles. The number of rotatable bonds is 2. The molecule has 0 spiro atoms. The number of nitrogens with zero attached hydrogens (tertiary/aromatic N) is 3. The maximum atomic E-state index is 12.0. The number of carbonyl (C=O) groups is 1. The van der Waals surface area contributed by atoms with Crippen molar-refractivity contribution in [2.45, 2.75) is 6.92 Å². The molecule has 0 aliphatic rings. The molecular formula is C11H11N3O. The van der Waals surface area contributed by atoms with Crippen molar-refractivity contribution >= 4 is 5.78 Å². The van der Waals surface area contributed by atoms with E-state index >= 15 is 0 Å². The quantitative estimate of drug-likeness (QED) is 0.689. The Morgan fingerprint density at radius 1 is 1.40 bits per heavy atom. The SMILES string of the molecule is Cc1cnccc1C(=O)c1ccn(C)n1. The molecule has 0 aliphatic carbocycles. The van der Waals surface area contributed by atoms with E-state index in [1.807, 2.05) is 6.92 Å². The van der Waals surface area contributed by atoms with E-state index in [1.165, 1.54) is 0 Å². The van der Waals surface area contributed by atoms with Gasteiger partial charge < -0.3 is 0 Å². The second kappa shape index (κ2) is 3.65. The van der Waals surface area contributed by atoms with Gasteiger partial charge in [-0.25, -0.2) is 0 Å². The smallest absolute Gasteiger partial charge is 0.213 e. The fraction of sp³-hybridized carbons (Fsp3) is 0.182. The van der Waals surface area contributed by atoms with E-state index in [0.717, 1.165) is 5.56 Å². The molecule has 2 heterocycles. The van der Waals surface area contributed by atoms with Crippen molar-refractivity contribution in [2.24, 2.45) is 7.05 Å². The van der Waals surface area contributed by atoms with Gasteiger partial charge in [-0.15, -0.1) is 0 Å². The summed E-state index contributed by atoms with van der Waals surface area (Å²) in [6, 6.07) is 3.43. The van der Waals surface area contributed by atoms with Gasteiger partial charge >= 0.3 is 0 Å². The summed E-state index contributed by atoms with van der Waals surface area (Å²) in [7, 11) is 1.79. The van der Waals surface area contributed by atoms with Gasteiger partial charge in [-0.05, 0) is 24.6 Å². The van der Waals surface area contributed by atoms with Crippen LogP contribution in [0.1, 0.15) is 21.6 Å². The first-order chi connectivity index (χ1) is 7.18. The Bertz CT molecular complexity index is 502. The highest BCUT2D eigenvalue weighted by atomic mass is 16.1. The molecule has 2 rings (SSSR count). The topological polar surface area (TPSA) is 47.8 Å². The highest BCUT2D eigenvalue weighted by molar-refractivity contribution is 6.08. The third-order valence-electron chi connectivity index (χ3n) is 2.21. The lowest BCUT2D eigenvalue weighted by atomic mass is 10.1. The molecule has 0 atom stereocenters. The van der Waals surface area contributed by atoms with Crippen LogP contribution in [0.4, 0.5) is 0 Å². The molecule has 15 heavy (non-hydrogen) atoms. The van der Waals surface area contributed by atoms with Crippen molar-refractivity contribution in [3.05, 3.63) is 47.5 Å². The molecule has 2 aromatic heterocycles. The van der Waals surface area contributed by atoms with E-state index in [9.17, 15) is 4.79 Å². The zero-order valence-corrected chi connectivity index (χ0v) is 8.64. The average molecular weight is 201 g/mol. The van der Waals surface area contributed by atoms with Gasteiger partial charge in [-0.2, -0.15) is 5.10 Å². The van der Waals surface area contributed by atoms with Crippen LogP contribution in [0.5, 0.6) is 0 Å². The Kier molecular flexibility index (Phi) is 2.33. The van der Waals surface area contributed by atoms with Crippen molar-refractivity contribution in [1.29, 1.82) is 0 Å². The maximum absolute atomic E-state index is 12.0. The predicted octanol–water partition coefficient (Wildman–Crippen LogP) is 1.35. The Hall–Kier alpha value is -1.97. The van der Waals surface area contributed by atoms with Gasteiger partial charge in [0.2, 0.25) is 5.78 Å². The lowest BCUT2D eigenvalue weighted by Crippen LogP contribution is -2.05. The number of aryl methyl sites for hydroxylation is 2. The monoisotopic (exact) mass is 201 g/mol. The minimum Gasteiger partial charge on any atom is -0.287 e. The summed E-state index contributed by atoms with van der Waals surface area (Å²) in [5.74, 6) is -0.0597. The van der Waals surface area contributed by atoms with Crippen molar-refractivity contribution in [1.82, 2.24) is 14.8 Å². The van der Waals surface area contributed by atoms with Crippen molar-refractivity contribution in [3.8, 4) is 0 Å². The van der Waals surface area contributed by atoms with Crippen molar-refractivity contribution < 1.29 is 4.79 Å². The first-order valence-corrected chi connectivity index (χ1v) is 4.63. The summed E-state index contributed by atoms with van der Waals surface area (Å²) < 4.78 is 1.61. The summed E-state index contributed by atoms with van der Waals surface area (Å²) in [4.78, 5) is 15.9. The summed E-state index contributed by atoms with van der Waals surface area (Å²) >= 11 is 0. The second-order valence-corrected chi connectivity index (χ2v) is 3.39. The molecule has 4 heteroatoms. The van der Waals surface area contributed by atoms with E-state index in [0.29, 0.717) is 11.3 Å². The van der Waals surface area contributed by atoms with Crippen LogP contribution in [0.15, 0.2) is 30.7 Å². The third-order valence-corrected chi connectivity index (χ3v) is 2.21. The number of aromatic nitrogens is 3. The lowest BCUT2D eigenvalue weighted by Gasteiger charge is -2.00. The van der Waals surface area contributed by atoms with E-state index in [1.54, 1.807) is 42.5 Å². The molecule has 2 aromatic rings. The molecule has 4 nitrogen and oxygen atoms in total. The average Bonchev–Trinajstić information content (AvgIpc) is 2.65. The number of ketones is 1. The van der Waals surface area contributed by atoms with Crippen LogP contribution in [0.2, 0.25) is 0 Å². The van der Waals surface area contributed by atoms with Crippen LogP contribution < -0.4 is 0 Å². The molecule has 0 fully saturated rings. The first-order valence-electron chi connectivity index (χ1n) is 4.63. The number of carbonyl (C=O) groups excluding carboxylic acids is 1. The van der Waals surface area contributed by atoms with E-state index in [2.05, 4.69) is 10.1 Å². The standard InChI is InChI=1S/C11H11N3O/c1-8-7-12-5-3-9(8)11(15)10-4-6-14(2)13-10/h3-7H,1-2H3. The maximum Gasteiger partial charge on any atom is 0.213 e. The summed E-state index contributed by atoms with van der Waals surface area (Å²) in [6.45, 7) is 1.86. The lowest BCUT2D eigenvalue weighted by molar-refractivity contribution is 0.103. The van der Waals surface area contributed by atoms with Gasteiger partial charge in [0, 0.05) is 31.2 Å². The summed E-state index contributed by atoms with van der Waals surface area (Å²) in [5, 5.41) is 4.07. The van der Waals surface area contributed by atoms with Gasteiger partial charge in [0.15, 0.2) is 0 Å². The Balaban J connectivity index is 2.41. The van der Waals surface area contributed by atoms with Gasteiger partial charge in [-0.1, -0.05) is 0 Å². The zero-order valence-electron chi connectivity index (χ0n) is 8.64. The number of hydrogen-bond donors (Lipinski definition) is 0. The van der Waals surface area contributed by atoms with E-state index in [-0.39, 0.29) is 5.78 Å². The van der Waals surface area contributed by atoms with Gasteiger partial charge in [0.05, 0.1) is 0 Å². The molecule has 0 saturated heterocycles. The third kappa shape index (κ3) is 1.79. The molecule has 0 amide bonds. The highest BCUT2D eigenvalue weighted by Gasteiger charge is 2.13. The molecule has 0 aliphatic heterocycles. The molecule has 0 unspecified atom stereocenters. The molecular weight excluding hydrogens is 190 g/mol. The zero-order chi connectivity index (χ0) is 10.8. The molecule has 76 valence electrons. The first kappa shape index (κ1) is 9.58. The molecule has 0 bridgehead atoms. The van der Waals surface area contributed by atoms with Crippen molar-refractivity contribution in [3.63, 3.8) is 0 Å². The number of pyridine rings is 1. The normalized spacial score (nSPS) is 10.3. The van der Waals surface area contributed by atoms with Crippen LogP contribution in [-0.4, -0.2) is 20.5 Å². The minimum absolute atomic E-state index is 0.0597. The fourth-order valence-electron chi connectivity index (χ4n) is 1.40. The predicted molar refractivity (Wildman–Crippen MR) is 55.6 cm³/mol. The van der Waals surface area contributed by atoms with Gasteiger partial charge in [-0.3, -0.25) is 14.5 Å². The van der Waals surface area contributed by atoms with E-state index in [4.69, 9.17) is 0 Å². The Morgan fingerprint density at radius 3 is 2.80 bits per heavy atom. The van der Waals surface area contributed by atoms with E-state index < -0.39 is 0 Å². The van der Waals surface area contributed by atoms with Gasteiger partial charge in [0.25, 0.3) is 0 Å². The molecule has 0 radical (unpaired) electrons. The van der Waals surface area contributed by atoms with Crippen LogP contribution in [0.3, 0.4) is 0 Å². The fourth-order valence-corrected chi connectivity index (χ4v) is 1.40. The molecule has 0 N–H and O–H groups in total. The van der Waals surface area contributed by atoms with Gasteiger partial charge in [0.1, 0.15) is 5.69 Å². The van der Waals surface area contributed by atoms with Crippen LogP contribution >= 0.6 is 0 Å².